The fraction of sp³-hybridized carbons (Fsp3) is 0.375. The van der Waals surface area contributed by atoms with Gasteiger partial charge < -0.3 is 0 Å². The third kappa shape index (κ3) is 4.48. The molecule has 1 atom stereocenters. The molecule has 0 bridgehead atoms. The van der Waals surface area contributed by atoms with Crippen LogP contribution in [0, 0.1) is 5.92 Å². The van der Waals surface area contributed by atoms with E-state index in [4.69, 9.17) is 0 Å². The van der Waals surface area contributed by atoms with E-state index in [1.807, 2.05) is 25.2 Å². The lowest BCUT2D eigenvalue weighted by Crippen LogP contribution is -2.00. The fourth-order valence-corrected chi connectivity index (χ4v) is 1.45. The molecule has 88 valence electrons. The summed E-state index contributed by atoms with van der Waals surface area (Å²) in [5, 5.41) is 0. The Hall–Kier alpha value is -1.30. The van der Waals surface area contributed by atoms with Crippen molar-refractivity contribution >= 4 is 0 Å². The van der Waals surface area contributed by atoms with Crippen LogP contribution in [0.5, 0.6) is 0 Å². The molecule has 1 unspecified atom stereocenters. The highest BCUT2D eigenvalue weighted by Crippen LogP contribution is 2.26. The number of hydrogen-bond donors (Lipinski definition) is 0. The van der Waals surface area contributed by atoms with E-state index in [2.05, 4.69) is 40.5 Å². The maximum absolute atomic E-state index is 4.10. The quantitative estimate of drug-likeness (QED) is 0.421. The zero-order valence-electron chi connectivity index (χ0n) is 11.1. The first-order valence-electron chi connectivity index (χ1n) is 5.73. The third-order valence-corrected chi connectivity index (χ3v) is 2.89. The van der Waals surface area contributed by atoms with Crippen molar-refractivity contribution in [1.82, 2.24) is 0 Å². The second-order valence-electron chi connectivity index (χ2n) is 4.34. The molecule has 0 fully saturated rings. The molecule has 0 radical (unpaired) electrons. The van der Waals surface area contributed by atoms with Gasteiger partial charge in [0.25, 0.3) is 0 Å². The topological polar surface area (TPSA) is 0 Å². The molecule has 0 aliphatic rings. The summed E-state index contributed by atoms with van der Waals surface area (Å²) in [7, 11) is 0. The SMILES string of the molecule is C=C/C(C)=C(/CC(C)C(=C)C)C(=C)/C=C\C. The van der Waals surface area contributed by atoms with E-state index in [1.54, 1.807) is 0 Å². The van der Waals surface area contributed by atoms with Gasteiger partial charge in [0, 0.05) is 0 Å². The van der Waals surface area contributed by atoms with Crippen molar-refractivity contribution in [3.63, 3.8) is 0 Å². The van der Waals surface area contributed by atoms with Crippen LogP contribution in [0.1, 0.15) is 34.1 Å². The molecule has 0 aliphatic carbocycles. The molecule has 16 heavy (non-hydrogen) atoms. The Morgan fingerprint density at radius 3 is 2.19 bits per heavy atom. The number of hydrogen-bond acceptors (Lipinski definition) is 0. The average molecular weight is 216 g/mol. The van der Waals surface area contributed by atoms with Crippen LogP contribution in [0.25, 0.3) is 0 Å². The molecule has 0 amide bonds. The van der Waals surface area contributed by atoms with Gasteiger partial charge in [0.2, 0.25) is 0 Å². The van der Waals surface area contributed by atoms with Gasteiger partial charge in [-0.15, -0.1) is 0 Å². The summed E-state index contributed by atoms with van der Waals surface area (Å²) in [6, 6.07) is 0. The van der Waals surface area contributed by atoms with Crippen LogP contribution >= 0.6 is 0 Å². The fourth-order valence-electron chi connectivity index (χ4n) is 1.45. The van der Waals surface area contributed by atoms with Gasteiger partial charge in [0.15, 0.2) is 0 Å². The molecule has 0 heterocycles. The maximum atomic E-state index is 4.10. The average Bonchev–Trinajstić information content (AvgIpc) is 2.24. The maximum Gasteiger partial charge on any atom is -0.0196 e. The molecule has 0 rings (SSSR count). The Balaban J connectivity index is 5.06. The van der Waals surface area contributed by atoms with E-state index in [0.717, 1.165) is 12.0 Å². The molecule has 0 aromatic rings. The van der Waals surface area contributed by atoms with Crippen molar-refractivity contribution in [3.05, 3.63) is 60.3 Å². The third-order valence-electron chi connectivity index (χ3n) is 2.89. The van der Waals surface area contributed by atoms with Gasteiger partial charge in [-0.2, -0.15) is 0 Å². The summed E-state index contributed by atoms with van der Waals surface area (Å²) in [6.07, 6.45) is 6.95. The van der Waals surface area contributed by atoms with Gasteiger partial charge in [-0.05, 0) is 49.8 Å². The molecule has 0 heteroatoms. The largest absolute Gasteiger partial charge is 0.0999 e. The Morgan fingerprint density at radius 1 is 1.25 bits per heavy atom. The molecule has 0 saturated heterocycles. The van der Waals surface area contributed by atoms with Crippen LogP contribution in [0.3, 0.4) is 0 Å². The second-order valence-corrected chi connectivity index (χ2v) is 4.34. The predicted octanol–water partition coefficient (Wildman–Crippen LogP) is 5.22. The van der Waals surface area contributed by atoms with E-state index in [1.165, 1.54) is 16.7 Å². The Kier molecular flexibility index (Phi) is 6.48. The molecule has 0 aromatic carbocycles. The van der Waals surface area contributed by atoms with Gasteiger partial charge >= 0.3 is 0 Å². The summed E-state index contributed by atoms with van der Waals surface area (Å²) in [5.74, 6) is 0.479. The van der Waals surface area contributed by atoms with Crippen LogP contribution in [-0.2, 0) is 0 Å². The Labute approximate surface area is 101 Å². The van der Waals surface area contributed by atoms with E-state index >= 15 is 0 Å². The van der Waals surface area contributed by atoms with Gasteiger partial charge in [-0.25, -0.2) is 0 Å². The minimum absolute atomic E-state index is 0.479. The lowest BCUT2D eigenvalue weighted by Gasteiger charge is -2.16. The minimum Gasteiger partial charge on any atom is -0.0999 e. The van der Waals surface area contributed by atoms with E-state index < -0.39 is 0 Å². The molecule has 0 aliphatic heterocycles. The molecule has 0 N–H and O–H groups in total. The normalized spacial score (nSPS) is 14.5. The smallest absolute Gasteiger partial charge is 0.0196 e. The molecule has 0 spiro atoms. The summed E-state index contributed by atoms with van der Waals surface area (Å²) in [5.41, 5.74) is 4.77. The summed E-state index contributed by atoms with van der Waals surface area (Å²) >= 11 is 0. The molecular formula is C16H24. The predicted molar refractivity (Wildman–Crippen MR) is 75.4 cm³/mol. The first-order chi connectivity index (χ1) is 7.43. The van der Waals surface area contributed by atoms with Crippen molar-refractivity contribution in [2.75, 3.05) is 0 Å². The monoisotopic (exact) mass is 216 g/mol. The van der Waals surface area contributed by atoms with Crippen molar-refractivity contribution < 1.29 is 0 Å². The molecule has 0 aromatic heterocycles. The lowest BCUT2D eigenvalue weighted by atomic mass is 9.89. The van der Waals surface area contributed by atoms with Crippen LogP contribution in [0.15, 0.2) is 60.3 Å². The van der Waals surface area contributed by atoms with Gasteiger partial charge in [-0.3, -0.25) is 0 Å². The zero-order valence-corrected chi connectivity index (χ0v) is 11.1. The highest BCUT2D eigenvalue weighted by atomic mass is 14.1. The Morgan fingerprint density at radius 2 is 1.81 bits per heavy atom. The zero-order chi connectivity index (χ0) is 12.7. The summed E-state index contributed by atoms with van der Waals surface area (Å²) in [4.78, 5) is 0. The van der Waals surface area contributed by atoms with Crippen molar-refractivity contribution in [2.24, 2.45) is 5.92 Å². The van der Waals surface area contributed by atoms with Crippen molar-refractivity contribution in [1.29, 1.82) is 0 Å². The first-order valence-corrected chi connectivity index (χ1v) is 5.73. The highest BCUT2D eigenvalue weighted by Gasteiger charge is 2.09. The highest BCUT2D eigenvalue weighted by molar-refractivity contribution is 5.43. The summed E-state index contributed by atoms with van der Waals surface area (Å²) in [6.45, 7) is 20.3. The van der Waals surface area contributed by atoms with Gasteiger partial charge in [0.1, 0.15) is 0 Å². The van der Waals surface area contributed by atoms with Crippen LogP contribution in [-0.4, -0.2) is 0 Å². The second kappa shape index (κ2) is 7.05. The summed E-state index contributed by atoms with van der Waals surface area (Å²) < 4.78 is 0. The van der Waals surface area contributed by atoms with Gasteiger partial charge in [-0.1, -0.05) is 50.5 Å². The van der Waals surface area contributed by atoms with Crippen molar-refractivity contribution in [2.45, 2.75) is 34.1 Å². The van der Waals surface area contributed by atoms with Crippen molar-refractivity contribution in [3.8, 4) is 0 Å². The Bertz CT molecular complexity index is 337. The number of rotatable bonds is 6. The standard InChI is InChI=1S/C16H24/c1-8-10-14(6)16(13(5)9-2)11-15(7)12(3)4/h8-10,15H,2-3,6,11H2,1,4-5,7H3/b10-8-,16-13-. The molecular weight excluding hydrogens is 192 g/mol. The first kappa shape index (κ1) is 14.7. The molecule has 0 nitrogen and oxygen atoms in total. The number of allylic oxidation sites excluding steroid dienone is 7. The van der Waals surface area contributed by atoms with E-state index in [9.17, 15) is 0 Å². The van der Waals surface area contributed by atoms with E-state index in [-0.39, 0.29) is 0 Å². The van der Waals surface area contributed by atoms with Crippen LogP contribution in [0.4, 0.5) is 0 Å². The van der Waals surface area contributed by atoms with Crippen LogP contribution in [0.2, 0.25) is 0 Å². The molecule has 0 saturated carbocycles. The lowest BCUT2D eigenvalue weighted by molar-refractivity contribution is 0.677. The van der Waals surface area contributed by atoms with E-state index in [0.29, 0.717) is 5.92 Å². The minimum atomic E-state index is 0.479. The van der Waals surface area contributed by atoms with Gasteiger partial charge in [0.05, 0.1) is 0 Å². The van der Waals surface area contributed by atoms with Crippen LogP contribution < -0.4 is 0 Å².